The van der Waals surface area contributed by atoms with E-state index in [1.807, 2.05) is 0 Å². The molecule has 1 rings (SSSR count). The van der Waals surface area contributed by atoms with Crippen LogP contribution in [-0.4, -0.2) is 24.2 Å². The molecule has 18 heavy (non-hydrogen) atoms. The molecular weight excluding hydrogens is 228 g/mol. The molecule has 0 saturated heterocycles. The minimum absolute atomic E-state index is 0.00774. The lowest BCUT2D eigenvalue weighted by molar-refractivity contribution is 0.0933. The molecule has 0 fully saturated rings. The lowest BCUT2D eigenvalue weighted by Crippen LogP contribution is -2.34. The Morgan fingerprint density at radius 3 is 2.50 bits per heavy atom. The Balaban J connectivity index is 2.48. The van der Waals surface area contributed by atoms with Crippen molar-refractivity contribution >= 4 is 11.6 Å². The first-order valence-electron chi connectivity index (χ1n) is 6.19. The number of carbonyl (C=O) groups is 1. The van der Waals surface area contributed by atoms with Crippen LogP contribution in [0.5, 0.6) is 0 Å². The van der Waals surface area contributed by atoms with Gasteiger partial charge in [-0.15, -0.1) is 0 Å². The zero-order valence-electron chi connectivity index (χ0n) is 11.1. The van der Waals surface area contributed by atoms with Gasteiger partial charge in [0, 0.05) is 24.4 Å². The molecule has 1 aromatic rings. The van der Waals surface area contributed by atoms with E-state index >= 15 is 0 Å². The summed E-state index contributed by atoms with van der Waals surface area (Å²) in [6, 6.07) is 6.86. The average Bonchev–Trinajstić information content (AvgIpc) is 2.35. The molecule has 0 bridgehead atoms. The molecule has 0 aliphatic rings. The van der Waals surface area contributed by atoms with Crippen LogP contribution in [0.25, 0.3) is 0 Å². The van der Waals surface area contributed by atoms with Crippen LogP contribution in [0.15, 0.2) is 24.3 Å². The van der Waals surface area contributed by atoms with Crippen molar-refractivity contribution < 1.29 is 9.90 Å². The third-order valence-corrected chi connectivity index (χ3v) is 2.91. The topological polar surface area (TPSA) is 75.3 Å². The van der Waals surface area contributed by atoms with Crippen molar-refractivity contribution in [2.24, 2.45) is 5.41 Å². The predicted molar refractivity (Wildman–Crippen MR) is 73.3 cm³/mol. The highest BCUT2D eigenvalue weighted by atomic mass is 16.2. The molecule has 0 spiro atoms. The molecule has 0 aliphatic carbocycles. The number of hydrogen-bond donors (Lipinski definition) is 3. The number of amides is 1. The molecule has 4 nitrogen and oxygen atoms in total. The van der Waals surface area contributed by atoms with Crippen LogP contribution in [0.4, 0.5) is 5.69 Å². The van der Waals surface area contributed by atoms with E-state index in [-0.39, 0.29) is 17.9 Å². The van der Waals surface area contributed by atoms with Crippen molar-refractivity contribution in [1.29, 1.82) is 0 Å². The second-order valence-electron chi connectivity index (χ2n) is 5.30. The van der Waals surface area contributed by atoms with Gasteiger partial charge in [0.05, 0.1) is 0 Å². The Hall–Kier alpha value is -1.55. The third kappa shape index (κ3) is 4.75. The van der Waals surface area contributed by atoms with E-state index in [2.05, 4.69) is 19.2 Å². The molecule has 0 aromatic heterocycles. The molecule has 4 N–H and O–H groups in total. The molecular formula is C14H22N2O2. The number of carbonyl (C=O) groups excluding carboxylic acids is 1. The fourth-order valence-corrected chi connectivity index (χ4v) is 1.70. The van der Waals surface area contributed by atoms with E-state index in [4.69, 9.17) is 10.8 Å². The van der Waals surface area contributed by atoms with Gasteiger partial charge in [-0.1, -0.05) is 13.8 Å². The second kappa shape index (κ2) is 6.40. The summed E-state index contributed by atoms with van der Waals surface area (Å²) in [4.78, 5) is 11.9. The summed E-state index contributed by atoms with van der Waals surface area (Å²) in [6.07, 6.45) is 1.64. The van der Waals surface area contributed by atoms with Gasteiger partial charge in [0.1, 0.15) is 0 Å². The lowest BCUT2D eigenvalue weighted by Gasteiger charge is -2.24. The number of anilines is 1. The summed E-state index contributed by atoms with van der Waals surface area (Å²) in [5.41, 5.74) is 6.82. The molecule has 0 radical (unpaired) electrons. The smallest absolute Gasteiger partial charge is 0.251 e. The maximum absolute atomic E-state index is 11.9. The van der Waals surface area contributed by atoms with Crippen LogP contribution < -0.4 is 11.1 Å². The lowest BCUT2D eigenvalue weighted by atomic mass is 9.88. The summed E-state index contributed by atoms with van der Waals surface area (Å²) in [5.74, 6) is -0.0907. The summed E-state index contributed by atoms with van der Waals surface area (Å²) in [7, 11) is 0. The van der Waals surface area contributed by atoms with Gasteiger partial charge in [-0.2, -0.15) is 0 Å². The largest absolute Gasteiger partial charge is 0.399 e. The normalized spacial score (nSPS) is 11.3. The van der Waals surface area contributed by atoms with Crippen LogP contribution >= 0.6 is 0 Å². The van der Waals surface area contributed by atoms with Gasteiger partial charge in [0.2, 0.25) is 0 Å². The Labute approximate surface area is 108 Å². The van der Waals surface area contributed by atoms with Gasteiger partial charge < -0.3 is 16.2 Å². The van der Waals surface area contributed by atoms with Crippen LogP contribution in [-0.2, 0) is 0 Å². The molecule has 0 atom stereocenters. The zero-order valence-corrected chi connectivity index (χ0v) is 11.1. The molecule has 0 saturated carbocycles. The Bertz CT molecular complexity index is 385. The van der Waals surface area contributed by atoms with Crippen molar-refractivity contribution in [1.82, 2.24) is 5.32 Å². The molecule has 4 heteroatoms. The minimum atomic E-state index is -0.0907. The summed E-state index contributed by atoms with van der Waals surface area (Å²) in [6.45, 7) is 4.93. The van der Waals surface area contributed by atoms with Crippen LogP contribution in [0, 0.1) is 5.41 Å². The summed E-state index contributed by atoms with van der Waals surface area (Å²) >= 11 is 0. The first-order chi connectivity index (χ1) is 8.44. The molecule has 1 aromatic carbocycles. The molecule has 0 unspecified atom stereocenters. The van der Waals surface area contributed by atoms with E-state index in [9.17, 15) is 4.79 Å². The quantitative estimate of drug-likeness (QED) is 0.674. The third-order valence-electron chi connectivity index (χ3n) is 2.91. The predicted octanol–water partition coefficient (Wildman–Crippen LogP) is 1.80. The second-order valence-corrected chi connectivity index (χ2v) is 5.30. The first-order valence-corrected chi connectivity index (χ1v) is 6.19. The Kier molecular flexibility index (Phi) is 5.16. The van der Waals surface area contributed by atoms with Crippen LogP contribution in [0.1, 0.15) is 37.0 Å². The maximum atomic E-state index is 11.9. The highest BCUT2D eigenvalue weighted by molar-refractivity contribution is 5.94. The van der Waals surface area contributed by atoms with Gasteiger partial charge >= 0.3 is 0 Å². The SMILES string of the molecule is CC(C)(CCCO)CNC(=O)c1ccc(N)cc1. The maximum Gasteiger partial charge on any atom is 0.251 e. The van der Waals surface area contributed by atoms with Crippen molar-refractivity contribution in [3.63, 3.8) is 0 Å². The fourth-order valence-electron chi connectivity index (χ4n) is 1.70. The molecule has 100 valence electrons. The van der Waals surface area contributed by atoms with E-state index in [1.54, 1.807) is 24.3 Å². The monoisotopic (exact) mass is 250 g/mol. The highest BCUT2D eigenvalue weighted by Gasteiger charge is 2.18. The number of nitrogens with one attached hydrogen (secondary N) is 1. The number of benzene rings is 1. The van der Waals surface area contributed by atoms with Gasteiger partial charge in [-0.25, -0.2) is 0 Å². The van der Waals surface area contributed by atoms with E-state index in [0.29, 0.717) is 17.8 Å². The van der Waals surface area contributed by atoms with Gasteiger partial charge in [0.15, 0.2) is 0 Å². The molecule has 0 aliphatic heterocycles. The number of rotatable bonds is 6. The van der Waals surface area contributed by atoms with E-state index < -0.39 is 0 Å². The van der Waals surface area contributed by atoms with Crippen molar-refractivity contribution in [3.8, 4) is 0 Å². The summed E-state index contributed by atoms with van der Waals surface area (Å²) in [5, 5.41) is 11.7. The number of hydrogen-bond acceptors (Lipinski definition) is 3. The van der Waals surface area contributed by atoms with E-state index in [0.717, 1.165) is 12.8 Å². The van der Waals surface area contributed by atoms with Crippen molar-refractivity contribution in [2.75, 3.05) is 18.9 Å². The molecule has 0 heterocycles. The standard InChI is InChI=1S/C14H22N2O2/c1-14(2,8-3-9-17)10-16-13(18)11-4-6-12(15)7-5-11/h4-7,17H,3,8-10,15H2,1-2H3,(H,16,18). The van der Waals surface area contributed by atoms with Gasteiger partial charge in [-0.3, -0.25) is 4.79 Å². The number of nitrogens with two attached hydrogens (primary N) is 1. The number of nitrogen functional groups attached to an aromatic ring is 1. The minimum Gasteiger partial charge on any atom is -0.399 e. The average molecular weight is 250 g/mol. The summed E-state index contributed by atoms with van der Waals surface area (Å²) < 4.78 is 0. The zero-order chi connectivity index (χ0) is 13.6. The van der Waals surface area contributed by atoms with Gasteiger partial charge in [0.25, 0.3) is 5.91 Å². The number of aliphatic hydroxyl groups is 1. The van der Waals surface area contributed by atoms with Gasteiger partial charge in [-0.05, 0) is 42.5 Å². The van der Waals surface area contributed by atoms with Crippen molar-refractivity contribution in [3.05, 3.63) is 29.8 Å². The Morgan fingerprint density at radius 2 is 1.94 bits per heavy atom. The van der Waals surface area contributed by atoms with Crippen LogP contribution in [0.2, 0.25) is 0 Å². The van der Waals surface area contributed by atoms with E-state index in [1.165, 1.54) is 0 Å². The van der Waals surface area contributed by atoms with Crippen LogP contribution in [0.3, 0.4) is 0 Å². The fraction of sp³-hybridized carbons (Fsp3) is 0.500. The first kappa shape index (κ1) is 14.5. The highest BCUT2D eigenvalue weighted by Crippen LogP contribution is 2.20. The number of aliphatic hydroxyl groups excluding tert-OH is 1. The Morgan fingerprint density at radius 1 is 1.33 bits per heavy atom. The molecule has 1 amide bonds. The van der Waals surface area contributed by atoms with Crippen molar-refractivity contribution in [2.45, 2.75) is 26.7 Å².